The topological polar surface area (TPSA) is 41.6 Å². The smallest absolute Gasteiger partial charge is 0.323 e. The minimum absolute atomic E-state index is 0.142. The van der Waals surface area contributed by atoms with Crippen LogP contribution in [0.4, 0.5) is 0 Å². The lowest BCUT2D eigenvalue weighted by Crippen LogP contribution is -2.50. The zero-order valence-electron chi connectivity index (χ0n) is 8.66. The van der Waals surface area contributed by atoms with Gasteiger partial charge >= 0.3 is 5.97 Å². The number of carbonyl (C=O) groups excluding carboxylic acids is 1. The summed E-state index contributed by atoms with van der Waals surface area (Å²) in [5, 5.41) is 3.24. The molecule has 1 saturated heterocycles. The molecular formula is C10H18N2O2. The van der Waals surface area contributed by atoms with E-state index in [-0.39, 0.29) is 12.0 Å². The molecule has 0 spiro atoms. The molecule has 1 aliphatic heterocycles. The first-order chi connectivity index (χ1) is 6.75. The molecule has 4 heteroatoms. The first-order valence-electron chi connectivity index (χ1n) is 4.98. The van der Waals surface area contributed by atoms with E-state index in [1.807, 2.05) is 6.92 Å². The van der Waals surface area contributed by atoms with Crippen molar-refractivity contribution in [2.24, 2.45) is 0 Å². The molecule has 14 heavy (non-hydrogen) atoms. The maximum absolute atomic E-state index is 11.5. The highest BCUT2D eigenvalue weighted by Gasteiger charge is 2.23. The summed E-state index contributed by atoms with van der Waals surface area (Å²) in [6, 6.07) is -0.142. The third-order valence-electron chi connectivity index (χ3n) is 2.38. The van der Waals surface area contributed by atoms with E-state index >= 15 is 0 Å². The average Bonchev–Trinajstić information content (AvgIpc) is 2.26. The van der Waals surface area contributed by atoms with Crippen molar-refractivity contribution in [1.82, 2.24) is 10.2 Å². The second-order valence-corrected chi connectivity index (χ2v) is 3.38. The molecule has 1 rings (SSSR count). The van der Waals surface area contributed by atoms with Crippen LogP contribution in [-0.4, -0.2) is 49.7 Å². The minimum atomic E-state index is -0.160. The van der Waals surface area contributed by atoms with Crippen molar-refractivity contribution in [3.8, 4) is 0 Å². The lowest BCUT2D eigenvalue weighted by atomic mass is 10.2. The zero-order chi connectivity index (χ0) is 10.4. The van der Waals surface area contributed by atoms with Crippen LogP contribution in [0.5, 0.6) is 0 Å². The minimum Gasteiger partial charge on any atom is -0.460 e. The predicted molar refractivity (Wildman–Crippen MR) is 55.1 cm³/mol. The van der Waals surface area contributed by atoms with Gasteiger partial charge in [-0.05, 0) is 6.92 Å². The monoisotopic (exact) mass is 198 g/mol. The van der Waals surface area contributed by atoms with Crippen molar-refractivity contribution in [3.63, 3.8) is 0 Å². The molecule has 0 saturated carbocycles. The van der Waals surface area contributed by atoms with Crippen LogP contribution in [0.2, 0.25) is 0 Å². The Morgan fingerprint density at radius 1 is 1.64 bits per heavy atom. The normalized spacial score (nSPS) is 20.1. The van der Waals surface area contributed by atoms with Crippen molar-refractivity contribution in [1.29, 1.82) is 0 Å². The first kappa shape index (κ1) is 11.2. The Labute approximate surface area is 84.9 Å². The van der Waals surface area contributed by atoms with E-state index in [4.69, 9.17) is 4.74 Å². The number of ether oxygens (including phenoxy) is 1. The molecule has 1 N–H and O–H groups in total. The molecule has 4 nitrogen and oxygen atoms in total. The molecular weight excluding hydrogens is 180 g/mol. The van der Waals surface area contributed by atoms with Gasteiger partial charge < -0.3 is 10.1 Å². The molecule has 1 heterocycles. The van der Waals surface area contributed by atoms with Gasteiger partial charge in [-0.3, -0.25) is 9.69 Å². The highest BCUT2D eigenvalue weighted by atomic mass is 16.5. The molecule has 1 atom stereocenters. The molecule has 80 valence electrons. The van der Waals surface area contributed by atoms with Crippen LogP contribution >= 0.6 is 0 Å². The molecule has 0 radical (unpaired) electrons. The molecule has 0 bridgehead atoms. The fraction of sp³-hybridized carbons (Fsp3) is 0.700. The van der Waals surface area contributed by atoms with E-state index in [9.17, 15) is 4.79 Å². The van der Waals surface area contributed by atoms with E-state index in [1.165, 1.54) is 0 Å². The third kappa shape index (κ3) is 3.12. The van der Waals surface area contributed by atoms with Gasteiger partial charge in [-0.1, -0.05) is 12.7 Å². The summed E-state index contributed by atoms with van der Waals surface area (Å²) in [4.78, 5) is 13.6. The summed E-state index contributed by atoms with van der Waals surface area (Å²) in [6.45, 7) is 9.39. The van der Waals surface area contributed by atoms with E-state index in [2.05, 4.69) is 16.8 Å². The Balaban J connectivity index is 2.33. The fourth-order valence-corrected chi connectivity index (χ4v) is 1.48. The number of hydrogen-bond acceptors (Lipinski definition) is 4. The van der Waals surface area contributed by atoms with Gasteiger partial charge in [-0.15, -0.1) is 0 Å². The summed E-state index contributed by atoms with van der Waals surface area (Å²) < 4.78 is 4.99. The van der Waals surface area contributed by atoms with Crippen molar-refractivity contribution >= 4 is 5.97 Å². The Hall–Kier alpha value is -0.870. The highest BCUT2D eigenvalue weighted by Crippen LogP contribution is 2.02. The van der Waals surface area contributed by atoms with Gasteiger partial charge in [0.25, 0.3) is 0 Å². The number of hydrogen-bond donors (Lipinski definition) is 1. The van der Waals surface area contributed by atoms with Crippen molar-refractivity contribution in [3.05, 3.63) is 12.7 Å². The summed E-state index contributed by atoms with van der Waals surface area (Å²) in [5.41, 5.74) is 0. The van der Waals surface area contributed by atoms with Gasteiger partial charge in [0.2, 0.25) is 0 Å². The summed E-state index contributed by atoms with van der Waals surface area (Å²) >= 11 is 0. The number of nitrogens with zero attached hydrogens (tertiary/aromatic N) is 1. The summed E-state index contributed by atoms with van der Waals surface area (Å²) in [6.07, 6.45) is 1.59. The van der Waals surface area contributed by atoms with Crippen LogP contribution < -0.4 is 5.32 Å². The zero-order valence-corrected chi connectivity index (χ0v) is 8.66. The van der Waals surface area contributed by atoms with E-state index in [1.54, 1.807) is 6.08 Å². The standard InChI is InChI=1S/C10H18N2O2/c1-3-8-14-10(13)9(2)12-6-4-11-5-7-12/h3,9,11H,1,4-8H2,2H3. The fourth-order valence-electron chi connectivity index (χ4n) is 1.48. The van der Waals surface area contributed by atoms with Crippen LogP contribution in [-0.2, 0) is 9.53 Å². The Bertz CT molecular complexity index is 200. The van der Waals surface area contributed by atoms with Crippen LogP contribution in [0.25, 0.3) is 0 Å². The van der Waals surface area contributed by atoms with Crippen LogP contribution in [0.3, 0.4) is 0 Å². The summed E-state index contributed by atoms with van der Waals surface area (Å²) in [5.74, 6) is -0.160. The quantitative estimate of drug-likeness (QED) is 0.510. The molecule has 0 amide bonds. The van der Waals surface area contributed by atoms with Crippen molar-refractivity contribution in [2.75, 3.05) is 32.8 Å². The van der Waals surface area contributed by atoms with E-state index < -0.39 is 0 Å². The lowest BCUT2D eigenvalue weighted by Gasteiger charge is -2.31. The van der Waals surface area contributed by atoms with Gasteiger partial charge in [0.15, 0.2) is 0 Å². The van der Waals surface area contributed by atoms with Crippen molar-refractivity contribution < 1.29 is 9.53 Å². The molecule has 1 unspecified atom stereocenters. The van der Waals surface area contributed by atoms with Crippen LogP contribution in [0.1, 0.15) is 6.92 Å². The lowest BCUT2D eigenvalue weighted by molar-refractivity contribution is -0.148. The maximum atomic E-state index is 11.5. The van der Waals surface area contributed by atoms with Gasteiger partial charge in [0.1, 0.15) is 12.6 Å². The average molecular weight is 198 g/mol. The summed E-state index contributed by atoms with van der Waals surface area (Å²) in [7, 11) is 0. The SMILES string of the molecule is C=CCOC(=O)C(C)N1CCNCC1. The molecule has 0 aromatic rings. The molecule has 1 fully saturated rings. The Morgan fingerprint density at radius 3 is 2.86 bits per heavy atom. The predicted octanol–water partition coefficient (Wildman–Crippen LogP) is 0.00930. The van der Waals surface area contributed by atoms with Gasteiger partial charge in [0, 0.05) is 26.2 Å². The molecule has 0 aromatic heterocycles. The molecule has 0 aromatic carbocycles. The second kappa shape index (κ2) is 5.78. The molecule has 0 aliphatic carbocycles. The maximum Gasteiger partial charge on any atom is 0.323 e. The molecule has 1 aliphatic rings. The number of piperazine rings is 1. The number of carbonyl (C=O) groups is 1. The van der Waals surface area contributed by atoms with E-state index in [0.29, 0.717) is 6.61 Å². The van der Waals surface area contributed by atoms with Gasteiger partial charge in [-0.25, -0.2) is 0 Å². The second-order valence-electron chi connectivity index (χ2n) is 3.38. The Kier molecular flexibility index (Phi) is 4.62. The van der Waals surface area contributed by atoms with Crippen LogP contribution in [0.15, 0.2) is 12.7 Å². The van der Waals surface area contributed by atoms with Gasteiger partial charge in [-0.2, -0.15) is 0 Å². The third-order valence-corrected chi connectivity index (χ3v) is 2.38. The number of rotatable bonds is 4. The first-order valence-corrected chi connectivity index (χ1v) is 4.98. The number of nitrogens with one attached hydrogen (secondary N) is 1. The van der Waals surface area contributed by atoms with Gasteiger partial charge in [0.05, 0.1) is 0 Å². The number of esters is 1. The highest BCUT2D eigenvalue weighted by molar-refractivity contribution is 5.75. The van der Waals surface area contributed by atoms with Crippen LogP contribution in [0, 0.1) is 0 Å². The van der Waals surface area contributed by atoms with Crippen molar-refractivity contribution in [2.45, 2.75) is 13.0 Å². The largest absolute Gasteiger partial charge is 0.460 e. The Morgan fingerprint density at radius 2 is 2.29 bits per heavy atom. The van der Waals surface area contributed by atoms with E-state index in [0.717, 1.165) is 26.2 Å².